The van der Waals surface area contributed by atoms with E-state index in [9.17, 15) is 19.2 Å². The number of para-hydroxylation sites is 2. The summed E-state index contributed by atoms with van der Waals surface area (Å²) in [6, 6.07) is 40.8. The van der Waals surface area contributed by atoms with Gasteiger partial charge in [-0.15, -0.1) is 0 Å². The Hall–Kier alpha value is -6.40. The van der Waals surface area contributed by atoms with Gasteiger partial charge in [-0.05, 0) is 72.5 Å². The van der Waals surface area contributed by atoms with E-state index in [1.807, 2.05) is 74.5 Å². The monoisotopic (exact) mass is 624 g/mol. The summed E-state index contributed by atoms with van der Waals surface area (Å²) in [6.45, 7) is 4.03. The van der Waals surface area contributed by atoms with Crippen LogP contribution in [0.5, 0.6) is 0 Å². The van der Waals surface area contributed by atoms with Gasteiger partial charge in [0, 0.05) is 11.1 Å². The van der Waals surface area contributed by atoms with Crippen molar-refractivity contribution < 1.29 is 19.2 Å². The van der Waals surface area contributed by atoms with Crippen LogP contribution in [0.3, 0.4) is 0 Å². The molecule has 0 aromatic heterocycles. The van der Waals surface area contributed by atoms with Crippen molar-refractivity contribution in [3.05, 3.63) is 167 Å². The van der Waals surface area contributed by atoms with Crippen molar-refractivity contribution >= 4 is 35.0 Å². The molecule has 6 aromatic rings. The Labute approximate surface area is 277 Å². The molecule has 0 saturated carbocycles. The number of anilines is 2. The molecular weight excluding hydrogens is 596 g/mol. The first-order valence-corrected chi connectivity index (χ1v) is 15.7. The average Bonchev–Trinajstić information content (AvgIpc) is 3.51. The number of hydrogen-bond donors (Lipinski definition) is 0. The van der Waals surface area contributed by atoms with Crippen LogP contribution in [-0.4, -0.2) is 23.6 Å². The van der Waals surface area contributed by atoms with Gasteiger partial charge in [-0.2, -0.15) is 0 Å². The molecule has 2 heterocycles. The number of carbonyl (C=O) groups excluding carboxylic acids is 4. The summed E-state index contributed by atoms with van der Waals surface area (Å²) in [5.41, 5.74) is 8.94. The lowest BCUT2D eigenvalue weighted by Crippen LogP contribution is -2.31. The first-order valence-electron chi connectivity index (χ1n) is 15.7. The molecule has 4 amide bonds. The highest BCUT2D eigenvalue weighted by Gasteiger charge is 2.40. The Morgan fingerprint density at radius 2 is 0.667 bits per heavy atom. The second-order valence-electron chi connectivity index (χ2n) is 12.2. The number of carbonyl (C=O) groups is 4. The minimum absolute atomic E-state index is 0.323. The van der Waals surface area contributed by atoms with Gasteiger partial charge in [-0.1, -0.05) is 108 Å². The first kappa shape index (κ1) is 29.0. The highest BCUT2D eigenvalue weighted by Crippen LogP contribution is 2.42. The molecule has 6 nitrogen and oxygen atoms in total. The summed E-state index contributed by atoms with van der Waals surface area (Å²) in [5.74, 6) is -1.73. The molecule has 0 unspecified atom stereocenters. The molecular formula is C42H28N2O4. The zero-order valence-electron chi connectivity index (χ0n) is 26.2. The average molecular weight is 625 g/mol. The summed E-state index contributed by atoms with van der Waals surface area (Å²) in [7, 11) is 0. The van der Waals surface area contributed by atoms with Crippen molar-refractivity contribution in [2.45, 2.75) is 13.8 Å². The maximum absolute atomic E-state index is 14.0. The third-order valence-corrected chi connectivity index (χ3v) is 9.12. The van der Waals surface area contributed by atoms with E-state index in [1.54, 1.807) is 72.8 Å². The largest absolute Gasteiger partial charge is 0.268 e. The van der Waals surface area contributed by atoms with Gasteiger partial charge in [-0.3, -0.25) is 19.2 Å². The van der Waals surface area contributed by atoms with E-state index >= 15 is 0 Å². The molecule has 0 N–H and O–H groups in total. The van der Waals surface area contributed by atoms with Gasteiger partial charge in [0.15, 0.2) is 0 Å². The predicted octanol–water partition coefficient (Wildman–Crippen LogP) is 8.91. The SMILES string of the molecule is Cc1ccc(-c2ccc3c(c2)C(=O)N(c2ccccc2-c2ccccc2N2C(=O)c4ccc(-c5ccc(C)cc5)cc4C2=O)C3=O)cc1. The lowest BCUT2D eigenvalue weighted by Gasteiger charge is -2.22. The lowest BCUT2D eigenvalue weighted by molar-refractivity contribution is 0.0910. The van der Waals surface area contributed by atoms with Crippen LogP contribution in [0, 0.1) is 13.8 Å². The number of amides is 4. The van der Waals surface area contributed by atoms with Crippen molar-refractivity contribution in [3.63, 3.8) is 0 Å². The Morgan fingerprint density at radius 3 is 1.06 bits per heavy atom. The molecule has 6 heteroatoms. The summed E-state index contributed by atoms with van der Waals surface area (Å²) < 4.78 is 0. The molecule has 230 valence electrons. The van der Waals surface area contributed by atoms with Crippen molar-refractivity contribution in [1.82, 2.24) is 0 Å². The van der Waals surface area contributed by atoms with E-state index < -0.39 is 23.6 Å². The molecule has 0 bridgehead atoms. The van der Waals surface area contributed by atoms with E-state index in [0.29, 0.717) is 44.8 Å². The first-order chi connectivity index (χ1) is 23.3. The Kier molecular flexibility index (Phi) is 6.74. The van der Waals surface area contributed by atoms with Crippen molar-refractivity contribution in [1.29, 1.82) is 0 Å². The molecule has 0 spiro atoms. The van der Waals surface area contributed by atoms with Gasteiger partial charge in [0.25, 0.3) is 23.6 Å². The van der Waals surface area contributed by atoms with Crippen LogP contribution >= 0.6 is 0 Å². The molecule has 8 rings (SSSR count). The quantitative estimate of drug-likeness (QED) is 0.180. The fourth-order valence-corrected chi connectivity index (χ4v) is 6.56. The molecule has 0 saturated heterocycles. The van der Waals surface area contributed by atoms with Crippen LogP contribution in [0.1, 0.15) is 52.6 Å². The van der Waals surface area contributed by atoms with E-state index in [-0.39, 0.29) is 0 Å². The standard InChI is InChI=1S/C42H28N2O4/c1-25-11-15-27(16-12-25)29-19-21-33-35(23-29)41(47)43(39(33)45)37-9-5-3-7-31(37)32-8-4-6-10-38(32)44-40(46)34-22-20-30(24-36(34)42(44)48)28-17-13-26(2)14-18-28/h3-24H,1-2H3. The number of aryl methyl sites for hydroxylation is 2. The van der Waals surface area contributed by atoms with Gasteiger partial charge < -0.3 is 0 Å². The van der Waals surface area contributed by atoms with Crippen molar-refractivity contribution in [3.8, 4) is 33.4 Å². The van der Waals surface area contributed by atoms with Gasteiger partial charge in [-0.25, -0.2) is 9.80 Å². The molecule has 0 fully saturated rings. The minimum Gasteiger partial charge on any atom is -0.268 e. The van der Waals surface area contributed by atoms with Gasteiger partial charge in [0.2, 0.25) is 0 Å². The second kappa shape index (κ2) is 11.1. The molecule has 0 aliphatic carbocycles. The Morgan fingerprint density at radius 1 is 0.333 bits per heavy atom. The fourth-order valence-electron chi connectivity index (χ4n) is 6.56. The number of fused-ring (bicyclic) bond motifs is 2. The van der Waals surface area contributed by atoms with Crippen LogP contribution in [0.4, 0.5) is 11.4 Å². The highest BCUT2D eigenvalue weighted by atomic mass is 16.2. The van der Waals surface area contributed by atoms with Crippen molar-refractivity contribution in [2.24, 2.45) is 0 Å². The number of hydrogen-bond acceptors (Lipinski definition) is 4. The number of imide groups is 2. The lowest BCUT2D eigenvalue weighted by atomic mass is 9.99. The van der Waals surface area contributed by atoms with Gasteiger partial charge in [0.05, 0.1) is 33.6 Å². The minimum atomic E-state index is -0.432. The zero-order valence-corrected chi connectivity index (χ0v) is 26.2. The van der Waals surface area contributed by atoms with E-state index in [2.05, 4.69) is 0 Å². The summed E-state index contributed by atoms with van der Waals surface area (Å²) in [6.07, 6.45) is 0. The third kappa shape index (κ3) is 4.57. The van der Waals surface area contributed by atoms with Crippen LogP contribution in [0.25, 0.3) is 33.4 Å². The zero-order chi connectivity index (χ0) is 33.1. The van der Waals surface area contributed by atoms with Crippen LogP contribution in [-0.2, 0) is 0 Å². The molecule has 0 atom stereocenters. The molecule has 0 radical (unpaired) electrons. The van der Waals surface area contributed by atoms with Crippen LogP contribution in [0.2, 0.25) is 0 Å². The topological polar surface area (TPSA) is 74.8 Å². The maximum Gasteiger partial charge on any atom is 0.266 e. The van der Waals surface area contributed by atoms with E-state index in [0.717, 1.165) is 33.4 Å². The number of benzene rings is 6. The van der Waals surface area contributed by atoms with E-state index in [1.165, 1.54) is 9.80 Å². The number of nitrogens with zero attached hydrogens (tertiary/aromatic N) is 2. The second-order valence-corrected chi connectivity index (χ2v) is 12.2. The molecule has 2 aliphatic heterocycles. The summed E-state index contributed by atoms with van der Waals surface area (Å²) in [5, 5.41) is 0. The van der Waals surface area contributed by atoms with Gasteiger partial charge >= 0.3 is 0 Å². The molecule has 48 heavy (non-hydrogen) atoms. The normalized spacial score (nSPS) is 13.7. The molecule has 6 aromatic carbocycles. The Bertz CT molecular complexity index is 2170. The van der Waals surface area contributed by atoms with Gasteiger partial charge in [0.1, 0.15) is 0 Å². The Balaban J connectivity index is 1.17. The summed E-state index contributed by atoms with van der Waals surface area (Å²) in [4.78, 5) is 58.0. The summed E-state index contributed by atoms with van der Waals surface area (Å²) >= 11 is 0. The van der Waals surface area contributed by atoms with E-state index in [4.69, 9.17) is 0 Å². The maximum atomic E-state index is 14.0. The predicted molar refractivity (Wildman–Crippen MR) is 187 cm³/mol. The fraction of sp³-hybridized carbons (Fsp3) is 0.0476. The highest BCUT2D eigenvalue weighted by molar-refractivity contribution is 6.37. The molecule has 2 aliphatic rings. The van der Waals surface area contributed by atoms with Crippen LogP contribution < -0.4 is 9.80 Å². The van der Waals surface area contributed by atoms with Crippen molar-refractivity contribution in [2.75, 3.05) is 9.80 Å². The smallest absolute Gasteiger partial charge is 0.266 e. The number of rotatable bonds is 5. The van der Waals surface area contributed by atoms with Crippen LogP contribution in [0.15, 0.2) is 133 Å². The third-order valence-electron chi connectivity index (χ3n) is 9.12.